The Morgan fingerprint density at radius 3 is 2.72 bits per heavy atom. The second-order valence-corrected chi connectivity index (χ2v) is 6.59. The molecule has 0 saturated heterocycles. The number of nitrogens with zero attached hydrogens (tertiary/aromatic N) is 2. The minimum Gasteiger partial charge on any atom is -0.461 e. The van der Waals surface area contributed by atoms with E-state index < -0.39 is 17.7 Å². The fourth-order valence-corrected chi connectivity index (χ4v) is 2.41. The van der Waals surface area contributed by atoms with Crippen LogP contribution >= 0.6 is 0 Å². The van der Waals surface area contributed by atoms with Gasteiger partial charge in [0.25, 0.3) is 0 Å². The van der Waals surface area contributed by atoms with Gasteiger partial charge in [0.15, 0.2) is 5.69 Å². The fraction of sp³-hybridized carbons (Fsp3) is 0.500. The summed E-state index contributed by atoms with van der Waals surface area (Å²) >= 11 is 0. The third-order valence-electron chi connectivity index (χ3n) is 3.36. The van der Waals surface area contributed by atoms with E-state index in [1.54, 1.807) is 6.92 Å². The first-order valence-corrected chi connectivity index (χ1v) is 8.41. The molecule has 0 aliphatic rings. The molecule has 0 bridgehead atoms. The van der Waals surface area contributed by atoms with Crippen molar-refractivity contribution in [2.75, 3.05) is 13.2 Å². The van der Waals surface area contributed by atoms with Crippen molar-refractivity contribution in [1.82, 2.24) is 14.7 Å². The monoisotopic (exact) mass is 347 g/mol. The van der Waals surface area contributed by atoms with E-state index >= 15 is 0 Å². The first kappa shape index (κ1) is 18.8. The zero-order chi connectivity index (χ0) is 18.4. The van der Waals surface area contributed by atoms with E-state index in [0.717, 1.165) is 5.69 Å². The van der Waals surface area contributed by atoms with Gasteiger partial charge in [0.1, 0.15) is 11.2 Å². The van der Waals surface area contributed by atoms with Crippen LogP contribution < -0.4 is 5.32 Å². The number of aromatic nitrogens is 2. The number of rotatable bonds is 6. The smallest absolute Gasteiger partial charge is 0.407 e. The molecule has 0 spiro atoms. The molecule has 25 heavy (non-hydrogen) atoms. The number of nitrogens with one attached hydrogen (secondary N) is 1. The number of hydrogen-bond acceptors (Lipinski definition) is 5. The number of pyridine rings is 1. The molecule has 7 nitrogen and oxygen atoms in total. The van der Waals surface area contributed by atoms with Crippen LogP contribution in [-0.4, -0.2) is 40.2 Å². The number of aryl methyl sites for hydroxylation is 1. The molecule has 2 aromatic heterocycles. The Morgan fingerprint density at radius 1 is 1.28 bits per heavy atom. The summed E-state index contributed by atoms with van der Waals surface area (Å²) in [5.74, 6) is -0.429. The van der Waals surface area contributed by atoms with E-state index in [0.29, 0.717) is 37.3 Å². The second kappa shape index (κ2) is 8.00. The Morgan fingerprint density at radius 2 is 2.04 bits per heavy atom. The highest BCUT2D eigenvalue weighted by atomic mass is 16.6. The summed E-state index contributed by atoms with van der Waals surface area (Å²) in [6.07, 6.45) is 2.64. The van der Waals surface area contributed by atoms with E-state index in [2.05, 4.69) is 10.3 Å². The Kier molecular flexibility index (Phi) is 6.01. The second-order valence-electron chi connectivity index (χ2n) is 6.59. The third-order valence-corrected chi connectivity index (χ3v) is 3.36. The number of alkyl carbamates (subject to hydrolysis) is 1. The Hall–Kier alpha value is -2.57. The molecule has 0 unspecified atom stereocenters. The maximum atomic E-state index is 12.1. The third kappa shape index (κ3) is 5.20. The van der Waals surface area contributed by atoms with Crippen LogP contribution in [0.5, 0.6) is 0 Å². The maximum Gasteiger partial charge on any atom is 0.407 e. The summed E-state index contributed by atoms with van der Waals surface area (Å²) in [6, 6.07) is 5.59. The first-order chi connectivity index (χ1) is 11.8. The van der Waals surface area contributed by atoms with E-state index in [-0.39, 0.29) is 0 Å². The topological polar surface area (TPSA) is 81.9 Å². The lowest BCUT2D eigenvalue weighted by Gasteiger charge is -2.19. The molecule has 1 amide bonds. The average molecular weight is 347 g/mol. The highest BCUT2D eigenvalue weighted by Gasteiger charge is 2.20. The van der Waals surface area contributed by atoms with Gasteiger partial charge in [-0.25, -0.2) is 14.6 Å². The summed E-state index contributed by atoms with van der Waals surface area (Å²) in [7, 11) is 0. The SMILES string of the molecule is CCOC(=O)c1nc2ccccn2c1CCCNC(=O)OC(C)(C)C. The molecule has 0 aliphatic heterocycles. The number of fused-ring (bicyclic) bond motifs is 1. The molecule has 2 rings (SSSR count). The van der Waals surface area contributed by atoms with Crippen LogP contribution in [0.3, 0.4) is 0 Å². The molecule has 0 radical (unpaired) electrons. The van der Waals surface area contributed by atoms with Gasteiger partial charge in [-0.2, -0.15) is 0 Å². The van der Waals surface area contributed by atoms with Gasteiger partial charge in [0.2, 0.25) is 0 Å². The number of imidazole rings is 1. The molecule has 7 heteroatoms. The maximum absolute atomic E-state index is 12.1. The van der Waals surface area contributed by atoms with Crippen molar-refractivity contribution in [1.29, 1.82) is 0 Å². The van der Waals surface area contributed by atoms with Crippen molar-refractivity contribution < 1.29 is 19.1 Å². The van der Waals surface area contributed by atoms with Gasteiger partial charge in [0, 0.05) is 12.7 Å². The minimum absolute atomic E-state index is 0.298. The van der Waals surface area contributed by atoms with Crippen LogP contribution in [0.4, 0.5) is 4.79 Å². The Bertz CT molecular complexity index is 746. The number of ether oxygens (including phenoxy) is 2. The predicted octanol–water partition coefficient (Wildman–Crippen LogP) is 2.97. The zero-order valence-corrected chi connectivity index (χ0v) is 15.2. The van der Waals surface area contributed by atoms with Crippen LogP contribution in [0, 0.1) is 0 Å². The molecule has 0 saturated carbocycles. The molecular formula is C18H25N3O4. The van der Waals surface area contributed by atoms with Gasteiger partial charge in [-0.15, -0.1) is 0 Å². The molecule has 1 N–H and O–H groups in total. The van der Waals surface area contributed by atoms with Gasteiger partial charge in [0.05, 0.1) is 12.3 Å². The largest absolute Gasteiger partial charge is 0.461 e. The Labute approximate surface area is 147 Å². The van der Waals surface area contributed by atoms with Crippen molar-refractivity contribution in [3.8, 4) is 0 Å². The van der Waals surface area contributed by atoms with Crippen molar-refractivity contribution in [3.05, 3.63) is 35.8 Å². The highest BCUT2D eigenvalue weighted by Crippen LogP contribution is 2.16. The van der Waals surface area contributed by atoms with Crippen LogP contribution in [0.15, 0.2) is 24.4 Å². The fourth-order valence-electron chi connectivity index (χ4n) is 2.41. The zero-order valence-electron chi connectivity index (χ0n) is 15.2. The van der Waals surface area contributed by atoms with Gasteiger partial charge in [-0.05, 0) is 52.7 Å². The van der Waals surface area contributed by atoms with Gasteiger partial charge >= 0.3 is 12.1 Å². The molecule has 0 fully saturated rings. The number of carbonyl (C=O) groups is 2. The van der Waals surface area contributed by atoms with Gasteiger partial charge in [-0.3, -0.25) is 0 Å². The lowest BCUT2D eigenvalue weighted by Crippen LogP contribution is -2.33. The molecule has 0 aliphatic carbocycles. The van der Waals surface area contributed by atoms with Crippen LogP contribution in [0.1, 0.15) is 50.3 Å². The van der Waals surface area contributed by atoms with E-state index in [1.807, 2.05) is 49.6 Å². The van der Waals surface area contributed by atoms with E-state index in [1.165, 1.54) is 0 Å². The quantitative estimate of drug-likeness (QED) is 0.642. The van der Waals surface area contributed by atoms with E-state index in [4.69, 9.17) is 9.47 Å². The minimum atomic E-state index is -0.525. The summed E-state index contributed by atoms with van der Waals surface area (Å²) in [6.45, 7) is 7.95. The van der Waals surface area contributed by atoms with Crippen LogP contribution in [0.25, 0.3) is 5.65 Å². The molecular weight excluding hydrogens is 322 g/mol. The molecule has 2 aromatic rings. The standard InChI is InChI=1S/C18H25N3O4/c1-5-24-16(22)15-13(21-12-7-6-10-14(21)20-15)9-8-11-19-17(23)25-18(2,3)4/h6-7,10,12H,5,8-9,11H2,1-4H3,(H,19,23). The van der Waals surface area contributed by atoms with Gasteiger partial charge < -0.3 is 19.2 Å². The average Bonchev–Trinajstić information content (AvgIpc) is 2.89. The summed E-state index contributed by atoms with van der Waals surface area (Å²) in [4.78, 5) is 28.2. The number of hydrogen-bond donors (Lipinski definition) is 1. The summed E-state index contributed by atoms with van der Waals surface area (Å²) < 4.78 is 12.2. The van der Waals surface area contributed by atoms with Crippen molar-refractivity contribution in [2.45, 2.75) is 46.1 Å². The van der Waals surface area contributed by atoms with Gasteiger partial charge in [-0.1, -0.05) is 6.07 Å². The number of carbonyl (C=O) groups excluding carboxylic acids is 2. The lowest BCUT2D eigenvalue weighted by atomic mass is 10.2. The van der Waals surface area contributed by atoms with Crippen molar-refractivity contribution in [2.24, 2.45) is 0 Å². The molecule has 136 valence electrons. The van der Waals surface area contributed by atoms with Crippen LogP contribution in [0.2, 0.25) is 0 Å². The summed E-state index contributed by atoms with van der Waals surface area (Å²) in [5, 5.41) is 2.72. The highest BCUT2D eigenvalue weighted by molar-refractivity contribution is 5.89. The predicted molar refractivity (Wildman–Crippen MR) is 93.7 cm³/mol. The lowest BCUT2D eigenvalue weighted by molar-refractivity contribution is 0.0509. The Balaban J connectivity index is 2.03. The van der Waals surface area contributed by atoms with Crippen molar-refractivity contribution in [3.63, 3.8) is 0 Å². The number of esters is 1. The summed E-state index contributed by atoms with van der Waals surface area (Å²) in [5.41, 5.74) is 1.27. The van der Waals surface area contributed by atoms with E-state index in [9.17, 15) is 9.59 Å². The molecule has 2 heterocycles. The molecule has 0 aromatic carbocycles. The number of amides is 1. The normalized spacial score (nSPS) is 11.4. The van der Waals surface area contributed by atoms with Crippen LogP contribution in [-0.2, 0) is 15.9 Å². The van der Waals surface area contributed by atoms with Crippen molar-refractivity contribution >= 4 is 17.7 Å². The first-order valence-electron chi connectivity index (χ1n) is 8.41. The molecule has 0 atom stereocenters.